The highest BCUT2D eigenvalue weighted by Crippen LogP contribution is 2.94. The molecule has 1 aliphatic heterocycles. The molecule has 2 fully saturated rings. The largest absolute Gasteiger partial charge is 0.455 e. The summed E-state index contributed by atoms with van der Waals surface area (Å²) in [7, 11) is 0. The van der Waals surface area contributed by atoms with Crippen LogP contribution in [0.4, 0.5) is 0 Å². The molecule has 2 saturated carbocycles. The molecule has 0 saturated heterocycles. The summed E-state index contributed by atoms with van der Waals surface area (Å²) in [4.78, 5) is 10.4. The molecule has 2 heterocycles. The first-order chi connectivity index (χ1) is 29.1. The Labute approximate surface area is 344 Å². The maximum Gasteiger partial charge on any atom is 0.160 e. The molecule has 0 N–H and O–H groups in total. The van der Waals surface area contributed by atoms with Crippen LogP contribution in [0, 0.1) is 22.2 Å². The lowest BCUT2D eigenvalue weighted by Gasteiger charge is -2.54. The van der Waals surface area contributed by atoms with Crippen LogP contribution < -0.4 is 4.74 Å². The number of hydrogen-bond acceptors (Lipinski definition) is 3. The van der Waals surface area contributed by atoms with E-state index in [1.165, 1.54) is 49.4 Å². The van der Waals surface area contributed by atoms with Crippen LogP contribution in [-0.4, -0.2) is 9.97 Å². The second kappa shape index (κ2) is 11.8. The minimum absolute atomic E-state index is 0.125. The summed E-state index contributed by atoms with van der Waals surface area (Å²) in [6.07, 6.45) is 25.8. The smallest absolute Gasteiger partial charge is 0.160 e. The van der Waals surface area contributed by atoms with E-state index in [1.807, 2.05) is 6.07 Å². The highest BCUT2D eigenvalue weighted by Gasteiger charge is 2.90. The zero-order chi connectivity index (χ0) is 39.0. The average molecular weight is 759 g/mol. The maximum absolute atomic E-state index is 7.31. The molecule has 3 nitrogen and oxygen atoms in total. The molecule has 0 radical (unpaired) electrons. The number of fused-ring (bicyclic) bond motifs is 11. The van der Waals surface area contributed by atoms with E-state index in [9.17, 15) is 0 Å². The number of benzene rings is 6. The Morgan fingerprint density at radius 1 is 0.644 bits per heavy atom. The van der Waals surface area contributed by atoms with Crippen molar-refractivity contribution in [1.29, 1.82) is 0 Å². The molecular formula is C56H42N2O. The van der Waals surface area contributed by atoms with Gasteiger partial charge >= 0.3 is 0 Å². The van der Waals surface area contributed by atoms with Crippen LogP contribution >= 0.6 is 0 Å². The van der Waals surface area contributed by atoms with Crippen LogP contribution in [0.3, 0.4) is 0 Å². The van der Waals surface area contributed by atoms with Gasteiger partial charge in [-0.05, 0) is 59.6 Å². The van der Waals surface area contributed by atoms with Crippen molar-refractivity contribution in [3.8, 4) is 34.1 Å². The number of rotatable bonds is 3. The fourth-order valence-corrected chi connectivity index (χ4v) is 13.0. The number of ether oxygens (including phenoxy) is 1. The zero-order valence-electron chi connectivity index (χ0n) is 33.0. The minimum atomic E-state index is -0.404. The summed E-state index contributed by atoms with van der Waals surface area (Å²) in [6, 6.07) is 46.8. The molecule has 7 aromatic rings. The van der Waals surface area contributed by atoms with Gasteiger partial charge in [0.1, 0.15) is 11.5 Å². The molecule has 6 aliphatic rings. The number of allylic oxidation sites excluding steroid dienone is 9. The third kappa shape index (κ3) is 4.08. The van der Waals surface area contributed by atoms with Gasteiger partial charge in [-0.25, -0.2) is 9.97 Å². The van der Waals surface area contributed by atoms with Crippen molar-refractivity contribution in [2.45, 2.75) is 38.0 Å². The van der Waals surface area contributed by atoms with Crippen LogP contribution in [0.2, 0.25) is 0 Å². The van der Waals surface area contributed by atoms with E-state index < -0.39 is 5.41 Å². The molecule has 3 heteroatoms. The molecular weight excluding hydrogens is 717 g/mol. The first-order valence-electron chi connectivity index (χ1n) is 21.3. The molecule has 4 atom stereocenters. The standard InChI is InChI=1S/C56H42N2O/c1-53-33-13-12-24-48(53)55-35-54(55,56(53)45-31-29-36-15-8-10-19-41(36)50(45)59-51-42-20-11-9-16-37(42)30-32-46(51)56)34-14-22-44(55)38-25-27-39(28-26-38)49-43-21-6-3-7-23-47(43)57-52(58-49)40-17-4-2-5-18-40/h2,4-5,7-20,22-34,48H,3,6,21,35H2,1H3. The van der Waals surface area contributed by atoms with Crippen LogP contribution in [0.1, 0.15) is 54.1 Å². The summed E-state index contributed by atoms with van der Waals surface area (Å²) in [5.41, 5.74) is 9.87. The molecule has 13 rings (SSSR count). The Hall–Kier alpha value is -6.58. The zero-order valence-corrected chi connectivity index (χ0v) is 33.0. The van der Waals surface area contributed by atoms with Crippen molar-refractivity contribution in [2.24, 2.45) is 22.2 Å². The molecule has 0 amide bonds. The number of nitrogens with zero attached hydrogens (tertiary/aromatic N) is 2. The van der Waals surface area contributed by atoms with Gasteiger partial charge in [0.2, 0.25) is 0 Å². The number of hydrogen-bond donors (Lipinski definition) is 0. The van der Waals surface area contributed by atoms with Crippen LogP contribution in [0.25, 0.3) is 55.8 Å². The molecule has 4 unspecified atom stereocenters. The molecule has 5 aliphatic carbocycles. The lowest BCUT2D eigenvalue weighted by atomic mass is 9.49. The van der Waals surface area contributed by atoms with Crippen LogP contribution in [0.15, 0.2) is 176 Å². The first kappa shape index (κ1) is 33.4. The van der Waals surface area contributed by atoms with E-state index in [0.717, 1.165) is 65.5 Å². The summed E-state index contributed by atoms with van der Waals surface area (Å²) >= 11 is 0. The van der Waals surface area contributed by atoms with E-state index in [2.05, 4.69) is 183 Å². The van der Waals surface area contributed by atoms with Gasteiger partial charge in [-0.2, -0.15) is 0 Å². The van der Waals surface area contributed by atoms with Gasteiger partial charge in [-0.3, -0.25) is 0 Å². The summed E-state index contributed by atoms with van der Waals surface area (Å²) in [5, 5.41) is 4.76. The quantitative estimate of drug-likeness (QED) is 0.180. The maximum atomic E-state index is 7.31. The van der Waals surface area contributed by atoms with Gasteiger partial charge < -0.3 is 4.74 Å². The van der Waals surface area contributed by atoms with Gasteiger partial charge in [0.05, 0.1) is 11.4 Å². The van der Waals surface area contributed by atoms with Crippen molar-refractivity contribution in [1.82, 2.24) is 9.97 Å². The lowest BCUT2D eigenvalue weighted by Crippen LogP contribution is -2.50. The van der Waals surface area contributed by atoms with E-state index in [4.69, 9.17) is 14.7 Å². The third-order valence-corrected chi connectivity index (χ3v) is 15.2. The Bertz CT molecular complexity index is 3030. The Morgan fingerprint density at radius 3 is 2.08 bits per heavy atom. The summed E-state index contributed by atoms with van der Waals surface area (Å²) < 4.78 is 7.31. The molecule has 59 heavy (non-hydrogen) atoms. The lowest BCUT2D eigenvalue weighted by molar-refractivity contribution is 0.164. The normalized spacial score (nSPS) is 25.9. The second-order valence-corrected chi connectivity index (χ2v) is 17.7. The topological polar surface area (TPSA) is 35.0 Å². The van der Waals surface area contributed by atoms with Gasteiger partial charge in [0.25, 0.3) is 0 Å². The van der Waals surface area contributed by atoms with Gasteiger partial charge in [-0.1, -0.05) is 183 Å². The number of aromatic nitrogens is 2. The Kier molecular flexibility index (Phi) is 6.66. The predicted molar refractivity (Wildman–Crippen MR) is 240 cm³/mol. The minimum Gasteiger partial charge on any atom is -0.455 e. The monoisotopic (exact) mass is 758 g/mol. The SMILES string of the molecule is CC12C=CC=CC1C13CC1(C=CC=C3c1ccc(-c3nc(-c4ccccc4)nc4c3CCCC=C4)cc1)C21c2ccc3ccccc3c2Oc2c1ccc1ccccc21. The third-order valence-electron chi connectivity index (χ3n) is 15.2. The van der Waals surface area contributed by atoms with Gasteiger partial charge in [0.15, 0.2) is 5.82 Å². The molecule has 1 spiro atoms. The van der Waals surface area contributed by atoms with E-state index in [-0.39, 0.29) is 22.2 Å². The Balaban J connectivity index is 1.01. The van der Waals surface area contributed by atoms with E-state index in [1.54, 1.807) is 0 Å². The molecule has 0 bridgehead atoms. The Morgan fingerprint density at radius 2 is 1.34 bits per heavy atom. The first-order valence-corrected chi connectivity index (χ1v) is 21.3. The van der Waals surface area contributed by atoms with Crippen LogP contribution in [0.5, 0.6) is 11.5 Å². The fourth-order valence-electron chi connectivity index (χ4n) is 13.0. The van der Waals surface area contributed by atoms with E-state index in [0.29, 0.717) is 0 Å². The van der Waals surface area contributed by atoms with Crippen molar-refractivity contribution in [2.75, 3.05) is 0 Å². The van der Waals surface area contributed by atoms with E-state index >= 15 is 0 Å². The van der Waals surface area contributed by atoms with Crippen molar-refractivity contribution < 1.29 is 4.74 Å². The van der Waals surface area contributed by atoms with Gasteiger partial charge in [0, 0.05) is 60.2 Å². The van der Waals surface area contributed by atoms with Crippen molar-refractivity contribution in [3.05, 3.63) is 204 Å². The molecule has 282 valence electrons. The fraction of sp³-hybridized carbons (Fsp3) is 0.179. The van der Waals surface area contributed by atoms with Crippen molar-refractivity contribution in [3.63, 3.8) is 0 Å². The van der Waals surface area contributed by atoms with Gasteiger partial charge in [-0.15, -0.1) is 0 Å². The average Bonchev–Trinajstić information content (AvgIpc) is 4.02. The molecule has 1 aromatic heterocycles. The highest BCUT2D eigenvalue weighted by molar-refractivity contribution is 5.98. The highest BCUT2D eigenvalue weighted by atomic mass is 16.5. The second-order valence-electron chi connectivity index (χ2n) is 17.7. The summed E-state index contributed by atoms with van der Waals surface area (Å²) in [5.74, 6) is 3.05. The predicted octanol–water partition coefficient (Wildman–Crippen LogP) is 13.7. The van der Waals surface area contributed by atoms with Crippen LogP contribution in [-0.2, 0) is 11.8 Å². The summed E-state index contributed by atoms with van der Waals surface area (Å²) in [6.45, 7) is 2.55. The molecule has 6 aromatic carbocycles. The van der Waals surface area contributed by atoms with Crippen molar-refractivity contribution >= 4 is 33.2 Å².